The average Bonchev–Trinajstić information content (AvgIpc) is 1.82. The van der Waals surface area contributed by atoms with Crippen LogP contribution < -0.4 is 19.1 Å². The maximum atomic E-state index is 13.5. The molecule has 1 aliphatic heterocycles. The predicted molar refractivity (Wildman–Crippen MR) is 372 cm³/mol. The number of aromatic nitrogens is 1. The molecule has 3 atom stereocenters. The highest BCUT2D eigenvalue weighted by atomic mass is 16.5. The molecule has 21 nitrogen and oxygen atoms in total. The number of hydrogen-bond acceptors (Lipinski definition) is 15. The Hall–Kier alpha value is -9.27. The number of para-hydroxylation sites is 3. The van der Waals surface area contributed by atoms with Crippen molar-refractivity contribution in [1.29, 1.82) is 0 Å². The second-order valence-electron chi connectivity index (χ2n) is 25.5. The summed E-state index contributed by atoms with van der Waals surface area (Å²) < 4.78 is 66.2. The highest BCUT2D eigenvalue weighted by Crippen LogP contribution is 2.38. The van der Waals surface area contributed by atoms with Crippen molar-refractivity contribution in [2.45, 2.75) is 201 Å². The number of piperidine rings is 1. The highest BCUT2D eigenvalue weighted by molar-refractivity contribution is 5.93. The summed E-state index contributed by atoms with van der Waals surface area (Å²) in [6, 6.07) is 34.1. The Kier molecular flexibility index (Phi) is 29.5. The van der Waals surface area contributed by atoms with Crippen molar-refractivity contribution in [3.05, 3.63) is 162 Å². The van der Waals surface area contributed by atoms with Crippen LogP contribution in [-0.2, 0) is 43.5 Å². The van der Waals surface area contributed by atoms with Gasteiger partial charge < -0.3 is 66.9 Å². The van der Waals surface area contributed by atoms with Crippen LogP contribution in [0, 0.1) is 11.8 Å². The molecular weight excluding hydrogens is 1250 g/mol. The van der Waals surface area contributed by atoms with E-state index in [0.717, 1.165) is 95.4 Å². The minimum Gasteiger partial charge on any atom is -0.493 e. The number of carbonyl (C=O) groups excluding carboxylic acids is 3. The molecule has 0 radical (unpaired) electrons. The average molecular weight is 1360 g/mol. The molecule has 2 fully saturated rings. The lowest BCUT2D eigenvalue weighted by atomic mass is 9.80. The lowest BCUT2D eigenvalue weighted by molar-refractivity contribution is -0.139. The van der Waals surface area contributed by atoms with E-state index in [9.17, 15) is 28.8 Å². The maximum absolute atomic E-state index is 13.5. The predicted octanol–water partition coefficient (Wildman–Crippen LogP) is 16.0. The first kappa shape index (κ1) is 71.5. The lowest BCUT2D eigenvalue weighted by Gasteiger charge is -2.36. The fourth-order valence-corrected chi connectivity index (χ4v) is 11.6. The molecule has 21 heteroatoms. The van der Waals surface area contributed by atoms with Gasteiger partial charge in [-0.05, 0) is 186 Å². The molecule has 2 aliphatic rings. The molecule has 4 aromatic heterocycles. The van der Waals surface area contributed by atoms with Crippen LogP contribution in [0.4, 0.5) is 5.88 Å². The van der Waals surface area contributed by atoms with Crippen LogP contribution in [0.1, 0.15) is 200 Å². The Morgan fingerprint density at radius 1 is 0.490 bits per heavy atom. The van der Waals surface area contributed by atoms with E-state index in [-0.39, 0.29) is 66.7 Å². The van der Waals surface area contributed by atoms with Gasteiger partial charge in [-0.1, -0.05) is 59.8 Å². The summed E-state index contributed by atoms with van der Waals surface area (Å²) in [5.41, 5.74) is 1.99. The Balaban J connectivity index is 0.000000213. The topological polar surface area (TPSA) is 269 Å². The molecule has 530 valence electrons. The molecule has 1 saturated heterocycles. The molecule has 9 rings (SSSR count). The summed E-state index contributed by atoms with van der Waals surface area (Å²) in [4.78, 5) is 79.1. The quantitative estimate of drug-likeness (QED) is 0.0308. The number of aliphatic carboxylic acids is 3. The van der Waals surface area contributed by atoms with Gasteiger partial charge in [0, 0.05) is 117 Å². The minimum atomic E-state index is -1.02. The van der Waals surface area contributed by atoms with Crippen molar-refractivity contribution < 1.29 is 80.2 Å². The van der Waals surface area contributed by atoms with Gasteiger partial charge in [0.1, 0.15) is 23.0 Å². The fraction of sp³-hybridized carbons (Fsp3) is 0.494. The number of amides is 3. The molecule has 1 saturated carbocycles. The van der Waals surface area contributed by atoms with E-state index in [2.05, 4.69) is 10.1 Å². The Bertz CT molecular complexity index is 3450. The third-order valence-electron chi connectivity index (χ3n) is 17.1. The van der Waals surface area contributed by atoms with Crippen LogP contribution in [-0.4, -0.2) is 122 Å². The van der Waals surface area contributed by atoms with E-state index in [1.165, 1.54) is 17.2 Å². The zero-order valence-corrected chi connectivity index (χ0v) is 57.5. The van der Waals surface area contributed by atoms with Crippen LogP contribution in [0.3, 0.4) is 0 Å². The number of nitrogens with zero attached hydrogens (tertiary/aromatic N) is 5. The summed E-state index contributed by atoms with van der Waals surface area (Å²) >= 11 is 0. The van der Waals surface area contributed by atoms with Crippen LogP contribution in [0.2, 0.25) is 0 Å². The van der Waals surface area contributed by atoms with E-state index in [1.807, 2.05) is 120 Å². The smallest absolute Gasteiger partial charge is 0.303 e. The number of ether oxygens (including phenoxy) is 3. The van der Waals surface area contributed by atoms with E-state index >= 15 is 0 Å². The van der Waals surface area contributed by atoms with Gasteiger partial charge in [-0.3, -0.25) is 28.8 Å². The maximum Gasteiger partial charge on any atom is 0.303 e. The fourth-order valence-electron chi connectivity index (χ4n) is 11.6. The standard InChI is InChI=1S/C27H37NO5.C26H36N2O5.C24H28N2O6/c1-20(2)28(27(31)22-15-13-21(14-16-22)24-11-8-18-33-24)19-23-9-5-6-10-25(23)32-17-7-3-4-12-26(29)30;1-20(2)28(26(31)21-13-15-27(16-14-21)24-11-8-18-33-24)19-22-9-5-6-10-23(22)32-17-7-3-4-12-25(29)30;1-17(2)26(24(29)19-15-22(32-25-19)21-11-8-14-31-21)16-18-9-5-6-10-20(18)30-13-7-3-4-12-23(27)28/h5-6,8-11,18,20-22H,3-4,7,12-17,19H2,1-2H3,(H,29,30);5-6,8-11,18,20-21H,3-4,7,12-17,19H2,1-2H3,(H,29,30);5-6,8-11,14-15,17H,3-4,7,12-13,16H2,1-2H3,(H,27,28)/i2*19D;16D. The van der Waals surface area contributed by atoms with Crippen molar-refractivity contribution >= 4 is 41.5 Å². The number of carbonyl (C=O) groups is 6. The summed E-state index contributed by atoms with van der Waals surface area (Å²) in [7, 11) is 0. The summed E-state index contributed by atoms with van der Waals surface area (Å²) in [5, 5.41) is 30.1. The Labute approximate surface area is 580 Å². The van der Waals surface area contributed by atoms with Crippen molar-refractivity contribution in [2.24, 2.45) is 11.8 Å². The number of carboxylic acids is 3. The number of rotatable bonds is 36. The molecule has 0 bridgehead atoms. The molecule has 5 heterocycles. The van der Waals surface area contributed by atoms with Gasteiger partial charge in [0.05, 0.1) is 42.7 Å². The van der Waals surface area contributed by atoms with Gasteiger partial charge in [0.2, 0.25) is 17.6 Å². The molecule has 7 aromatic rings. The van der Waals surface area contributed by atoms with E-state index < -0.39 is 43.4 Å². The van der Waals surface area contributed by atoms with Gasteiger partial charge in [0.25, 0.3) is 5.91 Å². The molecule has 3 unspecified atom stereocenters. The van der Waals surface area contributed by atoms with Crippen LogP contribution >= 0.6 is 0 Å². The first-order valence-electron chi connectivity index (χ1n) is 36.2. The second kappa shape index (κ2) is 40.4. The zero-order chi connectivity index (χ0) is 72.8. The van der Waals surface area contributed by atoms with E-state index in [0.29, 0.717) is 96.9 Å². The second-order valence-corrected chi connectivity index (χ2v) is 25.5. The molecule has 3 aromatic carbocycles. The molecule has 0 spiro atoms. The number of hydrogen-bond donors (Lipinski definition) is 3. The van der Waals surface area contributed by atoms with Crippen LogP contribution in [0.15, 0.2) is 152 Å². The van der Waals surface area contributed by atoms with Crippen LogP contribution in [0.25, 0.3) is 11.5 Å². The lowest BCUT2D eigenvalue weighted by Crippen LogP contribution is -2.44. The third kappa shape index (κ3) is 24.7. The number of unbranched alkanes of at least 4 members (excludes halogenated alkanes) is 6. The van der Waals surface area contributed by atoms with Crippen LogP contribution in [0.5, 0.6) is 17.2 Å². The highest BCUT2D eigenvalue weighted by Gasteiger charge is 2.34. The molecule has 3 N–H and O–H groups in total. The number of anilines is 1. The molecule has 3 amide bonds. The summed E-state index contributed by atoms with van der Waals surface area (Å²) in [5.74, 6) is 1.77. The Morgan fingerprint density at radius 2 is 0.908 bits per heavy atom. The van der Waals surface area contributed by atoms with Crippen molar-refractivity contribution in [3.63, 3.8) is 0 Å². The van der Waals surface area contributed by atoms with Gasteiger partial charge in [0.15, 0.2) is 17.3 Å². The number of carboxylic acid groups (broad SMARTS) is 3. The van der Waals surface area contributed by atoms with Crippen molar-refractivity contribution in [3.8, 4) is 28.8 Å². The van der Waals surface area contributed by atoms with Crippen molar-refractivity contribution in [1.82, 2.24) is 19.9 Å². The van der Waals surface area contributed by atoms with Gasteiger partial charge >= 0.3 is 17.9 Å². The van der Waals surface area contributed by atoms with Gasteiger partial charge in [-0.15, -0.1) is 0 Å². The van der Waals surface area contributed by atoms with Gasteiger partial charge in [-0.25, -0.2) is 0 Å². The van der Waals surface area contributed by atoms with E-state index in [4.69, 9.17) is 51.4 Å². The minimum absolute atomic E-state index is 0.0116. The summed E-state index contributed by atoms with van der Waals surface area (Å²) in [6.07, 6.45) is 16.5. The number of furan rings is 3. The van der Waals surface area contributed by atoms with Gasteiger partial charge in [-0.2, -0.15) is 0 Å². The Morgan fingerprint density at radius 3 is 1.32 bits per heavy atom. The van der Waals surface area contributed by atoms with E-state index in [1.54, 1.807) is 52.7 Å². The monoisotopic (exact) mass is 1350 g/mol. The summed E-state index contributed by atoms with van der Waals surface area (Å²) in [6.45, 7) is 11.5. The normalized spacial score (nSPS) is 16.0. The molecular formula is C77H101N5O16. The first-order valence-corrected chi connectivity index (χ1v) is 34.5. The number of benzene rings is 3. The first-order chi connectivity index (χ1) is 48.6. The molecule has 98 heavy (non-hydrogen) atoms. The largest absolute Gasteiger partial charge is 0.493 e. The zero-order valence-electron chi connectivity index (χ0n) is 60.5. The SMILES string of the molecule is [2H]C(c1ccccc1OCCCCCC(=O)O)N(C(=O)C1CCC(c2ccco2)CC1)C(C)C.[2H]C(c1ccccc1OCCCCCC(=O)O)N(C(=O)C1CCN(c2ccco2)CC1)C(C)C.[2H]C(c1ccccc1OCCCCCC(=O)O)N(C(=O)c1cc(-c2ccco2)on1)C(C)C. The molecule has 1 aliphatic carbocycles. The van der Waals surface area contributed by atoms with Crippen molar-refractivity contribution in [2.75, 3.05) is 37.8 Å². The third-order valence-corrected chi connectivity index (χ3v) is 17.1.